The van der Waals surface area contributed by atoms with E-state index in [1.54, 1.807) is 38.5 Å². The Morgan fingerprint density at radius 1 is 0.788 bits per heavy atom. The van der Waals surface area contributed by atoms with E-state index in [-0.39, 0.29) is 11.6 Å². The van der Waals surface area contributed by atoms with Gasteiger partial charge in [0.25, 0.3) is 11.8 Å². The quantitative estimate of drug-likeness (QED) is 0.543. The van der Waals surface area contributed by atoms with Gasteiger partial charge in [-0.2, -0.15) is 0 Å². The van der Waals surface area contributed by atoms with Crippen LogP contribution in [-0.2, 0) is 9.59 Å². The van der Waals surface area contributed by atoms with Crippen LogP contribution in [0.25, 0.3) is 5.57 Å². The minimum Gasteiger partial charge on any atom is -0.497 e. The van der Waals surface area contributed by atoms with Crippen molar-refractivity contribution >= 4 is 28.8 Å². The molecule has 0 unspecified atom stereocenters. The van der Waals surface area contributed by atoms with Crippen LogP contribution in [0, 0.1) is 20.8 Å². The van der Waals surface area contributed by atoms with E-state index in [0.717, 1.165) is 16.7 Å². The first-order valence-electron chi connectivity index (χ1n) is 10.6. The first-order chi connectivity index (χ1) is 15.8. The average Bonchev–Trinajstić information content (AvgIpc) is 3.04. The smallest absolute Gasteiger partial charge is 0.282 e. The van der Waals surface area contributed by atoms with Gasteiger partial charge in [-0.3, -0.25) is 9.59 Å². The highest BCUT2D eigenvalue weighted by Gasteiger charge is 2.41. The SMILES string of the molecule is COc1ccc(NC2=C(c3ccc(C)cc3C)C(=O)N(c3ccccc3C)C2=O)c(OC)c1. The van der Waals surface area contributed by atoms with E-state index in [1.807, 2.05) is 57.2 Å². The molecule has 3 aromatic rings. The fraction of sp³-hybridized carbons (Fsp3) is 0.185. The van der Waals surface area contributed by atoms with Gasteiger partial charge in [-0.25, -0.2) is 4.90 Å². The van der Waals surface area contributed by atoms with E-state index >= 15 is 0 Å². The molecule has 0 saturated heterocycles. The number of aryl methyl sites for hydroxylation is 3. The monoisotopic (exact) mass is 442 g/mol. The molecule has 0 spiro atoms. The number of hydrogen-bond donors (Lipinski definition) is 1. The predicted octanol–water partition coefficient (Wildman–Crippen LogP) is 5.03. The molecule has 0 bridgehead atoms. The average molecular weight is 443 g/mol. The third kappa shape index (κ3) is 3.96. The highest BCUT2D eigenvalue weighted by Crippen LogP contribution is 2.38. The number of nitrogens with one attached hydrogen (secondary N) is 1. The lowest BCUT2D eigenvalue weighted by Crippen LogP contribution is -2.33. The number of benzene rings is 3. The highest BCUT2D eigenvalue weighted by atomic mass is 16.5. The Morgan fingerprint density at radius 3 is 2.21 bits per heavy atom. The summed E-state index contributed by atoms with van der Waals surface area (Å²) >= 11 is 0. The molecule has 0 saturated carbocycles. The van der Waals surface area contributed by atoms with Crippen LogP contribution in [0.15, 0.2) is 66.4 Å². The first kappa shape index (κ1) is 22.1. The maximum absolute atomic E-state index is 13.7. The fourth-order valence-electron chi connectivity index (χ4n) is 4.06. The van der Waals surface area contributed by atoms with Crippen molar-refractivity contribution in [3.63, 3.8) is 0 Å². The van der Waals surface area contributed by atoms with Gasteiger partial charge in [0.15, 0.2) is 0 Å². The molecule has 2 amide bonds. The maximum Gasteiger partial charge on any atom is 0.282 e. The number of anilines is 2. The molecular formula is C27H26N2O4. The lowest BCUT2D eigenvalue weighted by atomic mass is 9.97. The molecule has 1 heterocycles. The van der Waals surface area contributed by atoms with E-state index in [2.05, 4.69) is 5.32 Å². The Hall–Kier alpha value is -4.06. The van der Waals surface area contributed by atoms with Crippen LogP contribution in [0.5, 0.6) is 11.5 Å². The molecule has 33 heavy (non-hydrogen) atoms. The first-order valence-corrected chi connectivity index (χ1v) is 10.6. The van der Waals surface area contributed by atoms with Gasteiger partial charge < -0.3 is 14.8 Å². The Kier molecular flexibility index (Phi) is 5.92. The molecule has 6 heteroatoms. The summed E-state index contributed by atoms with van der Waals surface area (Å²) in [4.78, 5) is 28.6. The van der Waals surface area contributed by atoms with Crippen LogP contribution in [0.1, 0.15) is 22.3 Å². The zero-order valence-corrected chi connectivity index (χ0v) is 19.4. The molecule has 6 nitrogen and oxygen atoms in total. The van der Waals surface area contributed by atoms with Crippen molar-refractivity contribution < 1.29 is 19.1 Å². The number of methoxy groups -OCH3 is 2. The van der Waals surface area contributed by atoms with Crippen LogP contribution in [0.4, 0.5) is 11.4 Å². The van der Waals surface area contributed by atoms with E-state index < -0.39 is 5.91 Å². The molecule has 0 aromatic heterocycles. The summed E-state index contributed by atoms with van der Waals surface area (Å²) in [5, 5.41) is 3.19. The third-order valence-electron chi connectivity index (χ3n) is 5.76. The number of hydrogen-bond acceptors (Lipinski definition) is 5. The predicted molar refractivity (Wildman–Crippen MR) is 130 cm³/mol. The summed E-state index contributed by atoms with van der Waals surface area (Å²) in [6.45, 7) is 5.81. The summed E-state index contributed by atoms with van der Waals surface area (Å²) in [7, 11) is 3.11. The van der Waals surface area contributed by atoms with Gasteiger partial charge in [0.1, 0.15) is 17.2 Å². The highest BCUT2D eigenvalue weighted by molar-refractivity contribution is 6.46. The summed E-state index contributed by atoms with van der Waals surface area (Å²) in [5.74, 6) is 0.339. The van der Waals surface area contributed by atoms with Gasteiger partial charge in [0.2, 0.25) is 0 Å². The fourth-order valence-corrected chi connectivity index (χ4v) is 4.06. The second-order valence-corrected chi connectivity index (χ2v) is 7.99. The van der Waals surface area contributed by atoms with Gasteiger partial charge in [0.05, 0.1) is 31.2 Å². The van der Waals surface area contributed by atoms with Crippen molar-refractivity contribution in [2.45, 2.75) is 20.8 Å². The Labute approximate surface area is 193 Å². The molecule has 1 aliphatic rings. The second-order valence-electron chi connectivity index (χ2n) is 7.99. The number of rotatable bonds is 6. The zero-order valence-electron chi connectivity index (χ0n) is 19.4. The maximum atomic E-state index is 13.7. The van der Waals surface area contributed by atoms with E-state index in [9.17, 15) is 9.59 Å². The van der Waals surface area contributed by atoms with E-state index in [0.29, 0.717) is 34.0 Å². The molecule has 1 N–H and O–H groups in total. The van der Waals surface area contributed by atoms with Crippen molar-refractivity contribution in [1.82, 2.24) is 0 Å². The molecule has 4 rings (SSSR count). The van der Waals surface area contributed by atoms with Crippen molar-refractivity contribution in [3.05, 3.63) is 88.6 Å². The minimum atomic E-state index is -0.415. The normalized spacial score (nSPS) is 13.5. The largest absolute Gasteiger partial charge is 0.497 e. The number of carbonyl (C=O) groups is 2. The Balaban J connectivity index is 1.89. The standard InChI is InChI=1S/C27H26N2O4/c1-16-10-12-20(18(3)14-16)24-25(28-21-13-11-19(32-4)15-23(21)33-5)27(31)29(26(24)30)22-9-7-6-8-17(22)2/h6-15,28H,1-5H3. The zero-order chi connectivity index (χ0) is 23.7. The van der Waals surface area contributed by atoms with Crippen molar-refractivity contribution in [2.75, 3.05) is 24.4 Å². The van der Waals surface area contributed by atoms with Gasteiger partial charge in [-0.15, -0.1) is 0 Å². The van der Waals surface area contributed by atoms with Gasteiger partial charge in [-0.05, 0) is 55.7 Å². The summed E-state index contributed by atoms with van der Waals surface area (Å²) in [6, 6.07) is 18.4. The number of carbonyl (C=O) groups excluding carboxylic acids is 2. The Bertz CT molecular complexity index is 1290. The summed E-state index contributed by atoms with van der Waals surface area (Å²) in [5.41, 5.74) is 5.20. The topological polar surface area (TPSA) is 67.9 Å². The van der Waals surface area contributed by atoms with Gasteiger partial charge in [0, 0.05) is 6.07 Å². The van der Waals surface area contributed by atoms with Crippen LogP contribution in [0.3, 0.4) is 0 Å². The van der Waals surface area contributed by atoms with Crippen molar-refractivity contribution in [1.29, 1.82) is 0 Å². The number of ether oxygens (including phenoxy) is 2. The van der Waals surface area contributed by atoms with Crippen molar-refractivity contribution in [3.8, 4) is 11.5 Å². The van der Waals surface area contributed by atoms with Crippen LogP contribution in [-0.4, -0.2) is 26.0 Å². The lowest BCUT2D eigenvalue weighted by Gasteiger charge is -2.18. The second kappa shape index (κ2) is 8.82. The molecule has 168 valence electrons. The minimum absolute atomic E-state index is 0.207. The van der Waals surface area contributed by atoms with Gasteiger partial charge >= 0.3 is 0 Å². The number of nitrogens with zero attached hydrogens (tertiary/aromatic N) is 1. The summed E-state index contributed by atoms with van der Waals surface area (Å²) < 4.78 is 10.8. The molecule has 1 aliphatic heterocycles. The molecule has 0 radical (unpaired) electrons. The number of para-hydroxylation sites is 1. The van der Waals surface area contributed by atoms with Crippen LogP contribution < -0.4 is 19.7 Å². The van der Waals surface area contributed by atoms with Crippen molar-refractivity contribution in [2.24, 2.45) is 0 Å². The van der Waals surface area contributed by atoms with Crippen LogP contribution in [0.2, 0.25) is 0 Å². The number of amides is 2. The number of imide groups is 1. The van der Waals surface area contributed by atoms with E-state index in [1.165, 1.54) is 4.90 Å². The molecule has 3 aromatic carbocycles. The van der Waals surface area contributed by atoms with Gasteiger partial charge in [-0.1, -0.05) is 42.0 Å². The third-order valence-corrected chi connectivity index (χ3v) is 5.76. The summed E-state index contributed by atoms with van der Waals surface area (Å²) in [6.07, 6.45) is 0. The molecule has 0 atom stereocenters. The molecule has 0 fully saturated rings. The van der Waals surface area contributed by atoms with Crippen LogP contribution >= 0.6 is 0 Å². The molecular weight excluding hydrogens is 416 g/mol. The van der Waals surface area contributed by atoms with E-state index in [4.69, 9.17) is 9.47 Å². The Morgan fingerprint density at radius 2 is 1.55 bits per heavy atom. The molecule has 0 aliphatic carbocycles. The lowest BCUT2D eigenvalue weighted by molar-refractivity contribution is -0.120.